The summed E-state index contributed by atoms with van der Waals surface area (Å²) in [5, 5.41) is 7.27. The monoisotopic (exact) mass is 283 g/mol. The standard InChI is InChI=1S/C12H8ClF2N3O/c13-9-5-4-8(17-18-9)11(12(16)19)10-6(14)2-1-3-7(10)15/h1-5,11H,(H2,16,19). The SMILES string of the molecule is NC(=O)C(c1ccc(Cl)nn1)c1c(F)cccc1F. The summed E-state index contributed by atoms with van der Waals surface area (Å²) < 4.78 is 27.4. The van der Waals surface area contributed by atoms with Crippen LogP contribution in [0.15, 0.2) is 30.3 Å². The van der Waals surface area contributed by atoms with Gasteiger partial charge in [-0.3, -0.25) is 4.79 Å². The zero-order valence-electron chi connectivity index (χ0n) is 9.48. The Balaban J connectivity index is 2.58. The molecule has 0 aliphatic heterocycles. The molecule has 2 N–H and O–H groups in total. The van der Waals surface area contributed by atoms with Crippen molar-refractivity contribution in [1.29, 1.82) is 0 Å². The maximum atomic E-state index is 13.7. The number of amides is 1. The van der Waals surface area contributed by atoms with Gasteiger partial charge in [-0.15, -0.1) is 5.10 Å². The molecule has 0 radical (unpaired) electrons. The molecule has 0 aliphatic carbocycles. The van der Waals surface area contributed by atoms with Gasteiger partial charge < -0.3 is 5.73 Å². The fourth-order valence-electron chi connectivity index (χ4n) is 1.70. The fourth-order valence-corrected chi connectivity index (χ4v) is 1.80. The summed E-state index contributed by atoms with van der Waals surface area (Å²) in [4.78, 5) is 11.5. The Kier molecular flexibility index (Phi) is 3.71. The van der Waals surface area contributed by atoms with Gasteiger partial charge in [0, 0.05) is 5.56 Å². The molecule has 19 heavy (non-hydrogen) atoms. The minimum Gasteiger partial charge on any atom is -0.369 e. The van der Waals surface area contributed by atoms with Crippen LogP contribution in [0.1, 0.15) is 17.2 Å². The highest BCUT2D eigenvalue weighted by Gasteiger charge is 2.28. The largest absolute Gasteiger partial charge is 0.369 e. The topological polar surface area (TPSA) is 68.9 Å². The van der Waals surface area contributed by atoms with Gasteiger partial charge in [0.2, 0.25) is 5.91 Å². The van der Waals surface area contributed by atoms with Crippen molar-refractivity contribution in [3.05, 3.63) is 58.4 Å². The molecule has 4 nitrogen and oxygen atoms in total. The molecule has 0 spiro atoms. The van der Waals surface area contributed by atoms with Crippen molar-refractivity contribution in [3.8, 4) is 0 Å². The molecule has 1 aromatic heterocycles. The van der Waals surface area contributed by atoms with Gasteiger partial charge in [-0.05, 0) is 24.3 Å². The summed E-state index contributed by atoms with van der Waals surface area (Å²) in [7, 11) is 0. The van der Waals surface area contributed by atoms with E-state index in [9.17, 15) is 13.6 Å². The van der Waals surface area contributed by atoms with Gasteiger partial charge in [0.15, 0.2) is 5.15 Å². The molecule has 0 aliphatic rings. The molecule has 1 amide bonds. The Morgan fingerprint density at radius 3 is 2.26 bits per heavy atom. The van der Waals surface area contributed by atoms with Gasteiger partial charge in [0.1, 0.15) is 17.6 Å². The van der Waals surface area contributed by atoms with Crippen LogP contribution in [0.3, 0.4) is 0 Å². The Morgan fingerprint density at radius 1 is 1.16 bits per heavy atom. The van der Waals surface area contributed by atoms with Crippen LogP contribution in [0.5, 0.6) is 0 Å². The third kappa shape index (κ3) is 2.68. The highest BCUT2D eigenvalue weighted by Crippen LogP contribution is 2.27. The van der Waals surface area contributed by atoms with Crippen LogP contribution < -0.4 is 5.73 Å². The molecule has 0 bridgehead atoms. The van der Waals surface area contributed by atoms with Crippen molar-refractivity contribution in [2.75, 3.05) is 0 Å². The lowest BCUT2D eigenvalue weighted by atomic mass is 9.94. The first kappa shape index (κ1) is 13.4. The first-order valence-electron chi connectivity index (χ1n) is 5.23. The first-order valence-corrected chi connectivity index (χ1v) is 5.61. The maximum Gasteiger partial charge on any atom is 0.231 e. The second-order valence-corrected chi connectivity index (χ2v) is 4.14. The van der Waals surface area contributed by atoms with E-state index in [4.69, 9.17) is 17.3 Å². The second kappa shape index (κ2) is 5.27. The van der Waals surface area contributed by atoms with E-state index in [0.717, 1.165) is 12.1 Å². The van der Waals surface area contributed by atoms with Crippen LogP contribution in [0, 0.1) is 11.6 Å². The van der Waals surface area contributed by atoms with E-state index in [1.807, 2.05) is 0 Å². The van der Waals surface area contributed by atoms with E-state index in [0.29, 0.717) is 0 Å². The molecule has 7 heteroatoms. The molecular weight excluding hydrogens is 276 g/mol. The second-order valence-electron chi connectivity index (χ2n) is 3.75. The predicted octanol–water partition coefficient (Wildman–Crippen LogP) is 2.03. The summed E-state index contributed by atoms with van der Waals surface area (Å²) in [5.74, 6) is -4.03. The number of carbonyl (C=O) groups excluding carboxylic acids is 1. The van der Waals surface area contributed by atoms with Gasteiger partial charge in [0.05, 0.1) is 5.69 Å². The van der Waals surface area contributed by atoms with Crippen molar-refractivity contribution in [3.63, 3.8) is 0 Å². The number of hydrogen-bond donors (Lipinski definition) is 1. The van der Waals surface area contributed by atoms with Crippen LogP contribution in [0.4, 0.5) is 8.78 Å². The van der Waals surface area contributed by atoms with Crippen LogP contribution in [-0.4, -0.2) is 16.1 Å². The van der Waals surface area contributed by atoms with Crippen LogP contribution in [0.2, 0.25) is 5.15 Å². The van der Waals surface area contributed by atoms with Crippen LogP contribution >= 0.6 is 11.6 Å². The molecule has 98 valence electrons. The van der Waals surface area contributed by atoms with Crippen LogP contribution in [0.25, 0.3) is 0 Å². The summed E-state index contributed by atoms with van der Waals surface area (Å²) in [6.07, 6.45) is 0. The molecule has 0 fully saturated rings. The number of benzene rings is 1. The molecule has 1 heterocycles. The molecule has 0 saturated heterocycles. The Morgan fingerprint density at radius 2 is 1.79 bits per heavy atom. The maximum absolute atomic E-state index is 13.7. The normalized spacial score (nSPS) is 12.2. The molecule has 1 unspecified atom stereocenters. The van der Waals surface area contributed by atoms with Gasteiger partial charge >= 0.3 is 0 Å². The Bertz CT molecular complexity index is 599. The lowest BCUT2D eigenvalue weighted by Crippen LogP contribution is -2.25. The number of nitrogens with zero attached hydrogens (tertiary/aromatic N) is 2. The molecule has 1 atom stereocenters. The number of carbonyl (C=O) groups is 1. The number of hydrogen-bond acceptors (Lipinski definition) is 3. The summed E-state index contributed by atoms with van der Waals surface area (Å²) >= 11 is 5.57. The Labute approximate surface area is 112 Å². The minimum absolute atomic E-state index is 0.0286. The zero-order chi connectivity index (χ0) is 14.0. The first-order chi connectivity index (χ1) is 9.00. The van der Waals surface area contributed by atoms with Gasteiger partial charge in [-0.25, -0.2) is 8.78 Å². The lowest BCUT2D eigenvalue weighted by Gasteiger charge is -2.14. The molecule has 2 aromatic rings. The fraction of sp³-hybridized carbons (Fsp3) is 0.0833. The smallest absolute Gasteiger partial charge is 0.231 e. The number of halogens is 3. The lowest BCUT2D eigenvalue weighted by molar-refractivity contribution is -0.118. The predicted molar refractivity (Wildman–Crippen MR) is 64.4 cm³/mol. The quantitative estimate of drug-likeness (QED) is 0.937. The third-order valence-corrected chi connectivity index (χ3v) is 2.72. The molecule has 0 saturated carbocycles. The van der Waals surface area contributed by atoms with Crippen molar-refractivity contribution in [2.45, 2.75) is 5.92 Å². The van der Waals surface area contributed by atoms with Gasteiger partial charge in [-0.1, -0.05) is 17.7 Å². The van der Waals surface area contributed by atoms with E-state index < -0.39 is 29.0 Å². The summed E-state index contributed by atoms with van der Waals surface area (Å²) in [6, 6.07) is 5.98. The molecular formula is C12H8ClF2N3O. The third-order valence-electron chi connectivity index (χ3n) is 2.52. The number of rotatable bonds is 3. The molecule has 1 aromatic carbocycles. The van der Waals surface area contributed by atoms with Crippen molar-refractivity contribution in [1.82, 2.24) is 10.2 Å². The number of aromatic nitrogens is 2. The van der Waals surface area contributed by atoms with E-state index in [-0.39, 0.29) is 10.8 Å². The van der Waals surface area contributed by atoms with E-state index in [2.05, 4.69) is 10.2 Å². The summed E-state index contributed by atoms with van der Waals surface area (Å²) in [5.41, 5.74) is 4.78. The molecule has 2 rings (SSSR count). The highest BCUT2D eigenvalue weighted by atomic mass is 35.5. The van der Waals surface area contributed by atoms with Crippen LogP contribution in [-0.2, 0) is 4.79 Å². The van der Waals surface area contributed by atoms with Crippen molar-refractivity contribution >= 4 is 17.5 Å². The van der Waals surface area contributed by atoms with E-state index in [1.165, 1.54) is 18.2 Å². The van der Waals surface area contributed by atoms with E-state index >= 15 is 0 Å². The number of nitrogens with two attached hydrogens (primary N) is 1. The van der Waals surface area contributed by atoms with E-state index in [1.54, 1.807) is 0 Å². The zero-order valence-corrected chi connectivity index (χ0v) is 10.2. The minimum atomic E-state index is -1.36. The average molecular weight is 284 g/mol. The Hall–Kier alpha value is -2.08. The number of primary amides is 1. The highest BCUT2D eigenvalue weighted by molar-refractivity contribution is 6.29. The van der Waals surface area contributed by atoms with Crippen molar-refractivity contribution < 1.29 is 13.6 Å². The summed E-state index contributed by atoms with van der Waals surface area (Å²) in [6.45, 7) is 0. The van der Waals surface area contributed by atoms with Gasteiger partial charge in [0.25, 0.3) is 0 Å². The average Bonchev–Trinajstić information content (AvgIpc) is 2.35. The van der Waals surface area contributed by atoms with Gasteiger partial charge in [-0.2, -0.15) is 5.10 Å². The van der Waals surface area contributed by atoms with Crippen molar-refractivity contribution in [2.24, 2.45) is 5.73 Å².